The summed E-state index contributed by atoms with van der Waals surface area (Å²) in [7, 11) is 0. The standard InChI is InChI=1S/C23H20N2O3S/c1-16-19(25-23(28-16)21-12-7-13-29-21)15-27-20-11-6-5-10-18(20)22(26)24-14-17-8-3-2-4-9-17/h2-13H,14-15H2,1H3,(H,24,26). The first kappa shape index (κ1) is 19.0. The van der Waals surface area contributed by atoms with E-state index in [1.54, 1.807) is 23.5 Å². The minimum absolute atomic E-state index is 0.180. The SMILES string of the molecule is Cc1oc(-c2cccs2)nc1COc1ccccc1C(=O)NCc1ccccc1. The molecular weight excluding hydrogens is 384 g/mol. The number of carbonyl (C=O) groups is 1. The molecule has 29 heavy (non-hydrogen) atoms. The molecule has 2 aromatic heterocycles. The molecule has 5 nitrogen and oxygen atoms in total. The second kappa shape index (κ2) is 8.75. The number of hydrogen-bond acceptors (Lipinski definition) is 5. The Bertz CT molecular complexity index is 1090. The number of benzene rings is 2. The van der Waals surface area contributed by atoms with Crippen molar-refractivity contribution in [1.82, 2.24) is 10.3 Å². The third-order valence-corrected chi connectivity index (χ3v) is 5.27. The van der Waals surface area contributed by atoms with Gasteiger partial charge in [-0.15, -0.1) is 11.3 Å². The van der Waals surface area contributed by atoms with Crippen molar-refractivity contribution in [2.75, 3.05) is 0 Å². The summed E-state index contributed by atoms with van der Waals surface area (Å²) in [5.41, 5.74) is 2.24. The van der Waals surface area contributed by atoms with Crippen molar-refractivity contribution < 1.29 is 13.9 Å². The number of hydrogen-bond donors (Lipinski definition) is 1. The molecule has 0 atom stereocenters. The van der Waals surface area contributed by atoms with Gasteiger partial charge < -0.3 is 14.5 Å². The molecule has 4 aromatic rings. The van der Waals surface area contributed by atoms with Crippen molar-refractivity contribution >= 4 is 17.2 Å². The first-order valence-electron chi connectivity index (χ1n) is 9.25. The lowest BCUT2D eigenvalue weighted by Gasteiger charge is -2.11. The van der Waals surface area contributed by atoms with Gasteiger partial charge in [-0.3, -0.25) is 4.79 Å². The van der Waals surface area contributed by atoms with Gasteiger partial charge in [0.2, 0.25) is 5.89 Å². The Labute approximate surface area is 173 Å². The molecule has 0 saturated carbocycles. The summed E-state index contributed by atoms with van der Waals surface area (Å²) in [6.07, 6.45) is 0. The van der Waals surface area contributed by atoms with Crippen molar-refractivity contribution in [2.24, 2.45) is 0 Å². The van der Waals surface area contributed by atoms with Crippen LogP contribution in [0.1, 0.15) is 27.4 Å². The maximum absolute atomic E-state index is 12.7. The summed E-state index contributed by atoms with van der Waals surface area (Å²) in [4.78, 5) is 18.2. The van der Waals surface area contributed by atoms with Gasteiger partial charge in [0.05, 0.1) is 10.4 Å². The van der Waals surface area contributed by atoms with Crippen molar-refractivity contribution in [3.8, 4) is 16.5 Å². The Morgan fingerprint density at radius 3 is 2.66 bits per heavy atom. The summed E-state index contributed by atoms with van der Waals surface area (Å²) < 4.78 is 11.7. The molecule has 0 aliphatic heterocycles. The van der Waals surface area contributed by atoms with E-state index in [0.717, 1.165) is 10.4 Å². The van der Waals surface area contributed by atoms with Gasteiger partial charge in [0.15, 0.2) is 0 Å². The highest BCUT2D eigenvalue weighted by Gasteiger charge is 2.15. The number of thiophene rings is 1. The first-order valence-corrected chi connectivity index (χ1v) is 10.1. The Morgan fingerprint density at radius 2 is 1.86 bits per heavy atom. The Kier molecular flexibility index (Phi) is 5.72. The molecule has 0 radical (unpaired) electrons. The molecule has 2 heterocycles. The highest BCUT2D eigenvalue weighted by atomic mass is 32.1. The zero-order valence-electron chi connectivity index (χ0n) is 15.9. The molecular formula is C23H20N2O3S. The predicted octanol–water partition coefficient (Wildman–Crippen LogP) is 5.22. The molecule has 0 fully saturated rings. The zero-order valence-corrected chi connectivity index (χ0v) is 16.7. The van der Waals surface area contributed by atoms with Gasteiger partial charge in [-0.2, -0.15) is 0 Å². The maximum Gasteiger partial charge on any atom is 0.255 e. The van der Waals surface area contributed by atoms with Crippen LogP contribution in [0, 0.1) is 6.92 Å². The average molecular weight is 404 g/mol. The van der Waals surface area contributed by atoms with Crippen LogP contribution in [0.3, 0.4) is 0 Å². The fourth-order valence-electron chi connectivity index (χ4n) is 2.87. The number of aryl methyl sites for hydroxylation is 1. The molecule has 0 unspecified atom stereocenters. The van der Waals surface area contributed by atoms with Gasteiger partial charge in [-0.1, -0.05) is 48.5 Å². The van der Waals surface area contributed by atoms with E-state index in [-0.39, 0.29) is 12.5 Å². The van der Waals surface area contributed by atoms with Gasteiger partial charge in [-0.05, 0) is 36.1 Å². The summed E-state index contributed by atoms with van der Waals surface area (Å²) in [6, 6.07) is 20.9. The van der Waals surface area contributed by atoms with E-state index in [4.69, 9.17) is 9.15 Å². The second-order valence-corrected chi connectivity index (χ2v) is 7.40. The monoisotopic (exact) mass is 404 g/mol. The van der Waals surface area contributed by atoms with E-state index < -0.39 is 0 Å². The van der Waals surface area contributed by atoms with Crippen LogP contribution in [-0.4, -0.2) is 10.9 Å². The number of oxazole rings is 1. The summed E-state index contributed by atoms with van der Waals surface area (Å²) >= 11 is 1.57. The van der Waals surface area contributed by atoms with E-state index in [1.165, 1.54) is 0 Å². The van der Waals surface area contributed by atoms with Gasteiger partial charge in [-0.25, -0.2) is 4.98 Å². The smallest absolute Gasteiger partial charge is 0.255 e. The number of rotatable bonds is 7. The minimum Gasteiger partial charge on any atom is -0.486 e. The molecule has 0 aliphatic rings. The Morgan fingerprint density at radius 1 is 1.07 bits per heavy atom. The summed E-state index contributed by atoms with van der Waals surface area (Å²) in [5, 5.41) is 4.92. The largest absolute Gasteiger partial charge is 0.486 e. The fourth-order valence-corrected chi connectivity index (χ4v) is 3.52. The average Bonchev–Trinajstić information content (AvgIpc) is 3.41. The molecule has 1 amide bonds. The number of ether oxygens (including phenoxy) is 1. The highest BCUT2D eigenvalue weighted by Crippen LogP contribution is 2.27. The van der Waals surface area contributed by atoms with Crippen molar-refractivity contribution in [3.05, 3.63) is 94.7 Å². The van der Waals surface area contributed by atoms with Crippen molar-refractivity contribution in [3.63, 3.8) is 0 Å². The third kappa shape index (κ3) is 4.55. The Balaban J connectivity index is 1.44. The van der Waals surface area contributed by atoms with Crippen LogP contribution in [0.2, 0.25) is 0 Å². The molecule has 0 saturated heterocycles. The minimum atomic E-state index is -0.180. The van der Waals surface area contributed by atoms with E-state index >= 15 is 0 Å². The fraction of sp³-hybridized carbons (Fsp3) is 0.130. The van der Waals surface area contributed by atoms with Crippen LogP contribution >= 0.6 is 11.3 Å². The van der Waals surface area contributed by atoms with Gasteiger partial charge >= 0.3 is 0 Å². The van der Waals surface area contributed by atoms with E-state index in [9.17, 15) is 4.79 Å². The molecule has 0 bridgehead atoms. The van der Waals surface area contributed by atoms with E-state index in [2.05, 4.69) is 10.3 Å². The van der Waals surface area contributed by atoms with Crippen LogP contribution in [0.4, 0.5) is 0 Å². The second-order valence-electron chi connectivity index (χ2n) is 6.45. The van der Waals surface area contributed by atoms with Crippen molar-refractivity contribution in [2.45, 2.75) is 20.1 Å². The van der Waals surface area contributed by atoms with Crippen molar-refractivity contribution in [1.29, 1.82) is 0 Å². The maximum atomic E-state index is 12.7. The number of carbonyl (C=O) groups excluding carboxylic acids is 1. The quantitative estimate of drug-likeness (QED) is 0.459. The normalized spacial score (nSPS) is 10.7. The molecule has 0 aliphatic carbocycles. The molecule has 4 rings (SSSR count). The molecule has 1 N–H and O–H groups in total. The summed E-state index contributed by atoms with van der Waals surface area (Å²) in [5.74, 6) is 1.63. The highest BCUT2D eigenvalue weighted by molar-refractivity contribution is 7.13. The van der Waals surface area contributed by atoms with Gasteiger partial charge in [0.1, 0.15) is 23.8 Å². The molecule has 146 valence electrons. The lowest BCUT2D eigenvalue weighted by Crippen LogP contribution is -2.23. The van der Waals surface area contributed by atoms with Crippen LogP contribution in [-0.2, 0) is 13.2 Å². The van der Waals surface area contributed by atoms with Crippen LogP contribution in [0.15, 0.2) is 76.5 Å². The zero-order chi connectivity index (χ0) is 20.1. The number of nitrogens with zero attached hydrogens (tertiary/aromatic N) is 1. The number of nitrogens with one attached hydrogen (secondary N) is 1. The number of aromatic nitrogens is 1. The Hall–Kier alpha value is -3.38. The van der Waals surface area contributed by atoms with Crippen LogP contribution in [0.5, 0.6) is 5.75 Å². The molecule has 0 spiro atoms. The molecule has 6 heteroatoms. The third-order valence-electron chi connectivity index (χ3n) is 4.42. The predicted molar refractivity (Wildman–Crippen MR) is 113 cm³/mol. The van der Waals surface area contributed by atoms with Crippen LogP contribution in [0.25, 0.3) is 10.8 Å². The van der Waals surface area contributed by atoms with E-state index in [0.29, 0.717) is 35.2 Å². The lowest BCUT2D eigenvalue weighted by atomic mass is 10.1. The summed E-state index contributed by atoms with van der Waals surface area (Å²) in [6.45, 7) is 2.55. The topological polar surface area (TPSA) is 64.4 Å². The van der Waals surface area contributed by atoms with Gasteiger partial charge in [0, 0.05) is 6.54 Å². The number of amides is 1. The van der Waals surface area contributed by atoms with E-state index in [1.807, 2.05) is 66.9 Å². The molecule has 2 aromatic carbocycles. The number of para-hydroxylation sites is 1. The lowest BCUT2D eigenvalue weighted by molar-refractivity contribution is 0.0946. The van der Waals surface area contributed by atoms with Gasteiger partial charge in [0.25, 0.3) is 5.91 Å². The van der Waals surface area contributed by atoms with Crippen LogP contribution < -0.4 is 10.1 Å². The first-order chi connectivity index (χ1) is 14.2.